The van der Waals surface area contributed by atoms with Crippen molar-refractivity contribution < 1.29 is 58.3 Å². The van der Waals surface area contributed by atoms with Crippen LogP contribution in [0.25, 0.3) is 11.6 Å². The van der Waals surface area contributed by atoms with Gasteiger partial charge in [0.25, 0.3) is 0 Å². The van der Waals surface area contributed by atoms with Crippen LogP contribution in [-0.2, 0) is 4.57 Å². The first kappa shape index (κ1) is 30.8. The number of para-hydroxylation sites is 1. The van der Waals surface area contributed by atoms with Gasteiger partial charge in [-0.25, -0.2) is 0 Å². The van der Waals surface area contributed by atoms with Crippen molar-refractivity contribution in [2.45, 2.75) is 0 Å². The Morgan fingerprint density at radius 2 is 1.27 bits per heavy atom. The summed E-state index contributed by atoms with van der Waals surface area (Å²) in [6.07, 6.45) is 1.81. The molecule has 0 fully saturated rings. The number of rotatable bonds is 6. The van der Waals surface area contributed by atoms with E-state index in [1.54, 1.807) is 54.6 Å². The number of benzene rings is 4. The van der Waals surface area contributed by atoms with Crippen LogP contribution in [0.4, 0.5) is 0 Å². The molecule has 4 aromatic carbocycles. The van der Waals surface area contributed by atoms with Crippen LogP contribution in [0, 0.1) is 0 Å². The Morgan fingerprint density at radius 1 is 0.784 bits per heavy atom. The van der Waals surface area contributed by atoms with Gasteiger partial charge in [-0.3, -0.25) is 9.36 Å². The van der Waals surface area contributed by atoms with Gasteiger partial charge in [0.15, 0.2) is 5.78 Å². The summed E-state index contributed by atoms with van der Waals surface area (Å²) in [7, 11) is -4.64. The molecule has 2 N–H and O–H groups in total. The van der Waals surface area contributed by atoms with E-state index in [1.165, 1.54) is 24.3 Å². The number of hydrogen-bond acceptors (Lipinski definition) is 5. The standard InChI is InChI=1S/C21H14Cl2O2.C6H7O4P.Na/c22-17-7-1-14(2-8-17)13-20(15-3-9-18(23)10-4-15)21(25)16-5-11-19(24)12-6-16;7-11(8,9)10-6-4-2-1-3-5-6;/h1-13,24H;1-5H,(H2,7,8,9);/q;;+1/p-1/b20-13+;;. The average molecular weight is 565 g/mol. The van der Waals surface area contributed by atoms with E-state index in [-0.39, 0.29) is 46.8 Å². The third-order valence-corrected chi connectivity index (χ3v) is 5.62. The van der Waals surface area contributed by atoms with Crippen molar-refractivity contribution in [2.24, 2.45) is 0 Å². The molecule has 0 amide bonds. The number of phosphoric acid groups is 1. The van der Waals surface area contributed by atoms with Crippen LogP contribution < -0.4 is 39.0 Å². The number of allylic oxidation sites excluding steroid dienone is 1. The zero-order chi connectivity index (χ0) is 26.1. The van der Waals surface area contributed by atoms with Crippen molar-refractivity contribution in [3.05, 3.63) is 130 Å². The molecule has 0 aliphatic heterocycles. The van der Waals surface area contributed by atoms with E-state index < -0.39 is 7.82 Å². The number of halogens is 2. The van der Waals surface area contributed by atoms with Crippen LogP contribution in [-0.4, -0.2) is 15.8 Å². The number of aromatic hydroxyl groups is 1. The minimum Gasteiger partial charge on any atom is -0.746 e. The smallest absolute Gasteiger partial charge is 0.746 e. The van der Waals surface area contributed by atoms with Crippen molar-refractivity contribution in [1.29, 1.82) is 0 Å². The molecule has 0 bridgehead atoms. The first-order chi connectivity index (χ1) is 17.1. The number of phenols is 1. The van der Waals surface area contributed by atoms with Crippen LogP contribution in [0.1, 0.15) is 21.5 Å². The number of phenolic OH excluding ortho intramolecular Hbond substituents is 1. The molecule has 184 valence electrons. The summed E-state index contributed by atoms with van der Waals surface area (Å²) in [6.45, 7) is 0. The molecule has 10 heteroatoms. The number of carbonyl (C=O) groups is 1. The van der Waals surface area contributed by atoms with Gasteiger partial charge in [-0.1, -0.05) is 65.7 Å². The number of hydrogen-bond donors (Lipinski definition) is 2. The normalized spacial score (nSPS) is 12.3. The van der Waals surface area contributed by atoms with E-state index >= 15 is 0 Å². The van der Waals surface area contributed by atoms with E-state index in [2.05, 4.69) is 4.52 Å². The molecule has 1 atom stereocenters. The summed E-state index contributed by atoms with van der Waals surface area (Å²) in [4.78, 5) is 31.4. The zero-order valence-electron chi connectivity index (χ0n) is 19.6. The zero-order valence-corrected chi connectivity index (χ0v) is 24.0. The molecule has 0 spiro atoms. The van der Waals surface area contributed by atoms with E-state index in [0.717, 1.165) is 11.1 Å². The Labute approximate surface area is 246 Å². The summed E-state index contributed by atoms with van der Waals surface area (Å²) >= 11 is 11.9. The summed E-state index contributed by atoms with van der Waals surface area (Å²) in [6, 6.07) is 28.3. The molecule has 4 rings (SSSR count). The van der Waals surface area contributed by atoms with E-state index in [4.69, 9.17) is 28.1 Å². The van der Waals surface area contributed by atoms with Crippen molar-refractivity contribution in [3.63, 3.8) is 0 Å². The molecule has 37 heavy (non-hydrogen) atoms. The van der Waals surface area contributed by atoms with Gasteiger partial charge >= 0.3 is 37.4 Å². The second-order valence-corrected chi connectivity index (χ2v) is 9.36. The summed E-state index contributed by atoms with van der Waals surface area (Å²) in [5, 5.41) is 10.7. The van der Waals surface area contributed by atoms with Crippen LogP contribution in [0.5, 0.6) is 11.5 Å². The monoisotopic (exact) mass is 564 g/mol. The van der Waals surface area contributed by atoms with Crippen LogP contribution in [0.15, 0.2) is 103 Å². The van der Waals surface area contributed by atoms with E-state index in [1.807, 2.05) is 30.3 Å². The fourth-order valence-electron chi connectivity index (χ4n) is 3.02. The number of carbonyl (C=O) groups excluding carboxylic acids is 1. The van der Waals surface area contributed by atoms with Gasteiger partial charge < -0.3 is 19.4 Å². The number of phosphoric ester groups is 1. The van der Waals surface area contributed by atoms with Gasteiger partial charge in [-0.15, -0.1) is 0 Å². The fraction of sp³-hybridized carbons (Fsp3) is 0. The molecule has 0 aliphatic rings. The van der Waals surface area contributed by atoms with Gasteiger partial charge in [0, 0.05) is 21.2 Å². The maximum atomic E-state index is 13.0. The maximum Gasteiger partial charge on any atom is 1.00 e. The molecule has 0 saturated heterocycles. The minimum atomic E-state index is -4.64. The first-order valence-electron chi connectivity index (χ1n) is 10.5. The quantitative estimate of drug-likeness (QED) is 0.122. The Hall–Kier alpha value is -2.38. The molecular formula is C27H20Cl2NaO6P. The van der Waals surface area contributed by atoms with Crippen molar-refractivity contribution in [2.75, 3.05) is 0 Å². The van der Waals surface area contributed by atoms with Gasteiger partial charge in [-0.05, 0) is 77.9 Å². The van der Waals surface area contributed by atoms with Crippen molar-refractivity contribution in [3.8, 4) is 11.5 Å². The largest absolute Gasteiger partial charge is 1.00 e. The molecule has 0 saturated carbocycles. The second kappa shape index (κ2) is 14.5. The molecule has 4 aromatic rings. The fourth-order valence-corrected chi connectivity index (χ4v) is 3.66. The predicted molar refractivity (Wildman–Crippen MR) is 140 cm³/mol. The van der Waals surface area contributed by atoms with Crippen molar-refractivity contribution in [1.82, 2.24) is 0 Å². The Balaban J connectivity index is 0.000000339. The Morgan fingerprint density at radius 3 is 1.78 bits per heavy atom. The summed E-state index contributed by atoms with van der Waals surface area (Å²) in [5.41, 5.74) is 2.65. The second-order valence-electron chi connectivity index (χ2n) is 7.37. The van der Waals surface area contributed by atoms with E-state index in [9.17, 15) is 19.4 Å². The SMILES string of the molecule is O=C(/C(=C/c1ccc(Cl)cc1)c1ccc(Cl)cc1)c1ccc(O)cc1.O=P([O-])(O)Oc1ccccc1.[Na+]. The van der Waals surface area contributed by atoms with Crippen LogP contribution >= 0.6 is 31.0 Å². The first-order valence-corrected chi connectivity index (χ1v) is 12.7. The molecule has 6 nitrogen and oxygen atoms in total. The van der Waals surface area contributed by atoms with Gasteiger partial charge in [-0.2, -0.15) is 0 Å². The van der Waals surface area contributed by atoms with Gasteiger partial charge in [0.05, 0.1) is 0 Å². The Kier molecular flexibility index (Phi) is 12.1. The molecule has 1 unspecified atom stereocenters. The average Bonchev–Trinajstić information content (AvgIpc) is 2.84. The third-order valence-electron chi connectivity index (χ3n) is 4.67. The predicted octanol–water partition coefficient (Wildman–Crippen LogP) is 3.65. The van der Waals surface area contributed by atoms with Gasteiger partial charge in [0.1, 0.15) is 11.5 Å². The van der Waals surface area contributed by atoms with Crippen molar-refractivity contribution >= 4 is 48.5 Å². The molecule has 0 heterocycles. The minimum absolute atomic E-state index is 0. The van der Waals surface area contributed by atoms with E-state index in [0.29, 0.717) is 21.2 Å². The van der Waals surface area contributed by atoms with Crippen LogP contribution in [0.2, 0.25) is 10.0 Å². The topological polar surface area (TPSA) is 107 Å². The van der Waals surface area contributed by atoms with Gasteiger partial charge in [0.2, 0.25) is 0 Å². The third kappa shape index (κ3) is 10.5. The maximum absolute atomic E-state index is 13.0. The number of Topliss-reactive ketones (excluding diaryl/α,β-unsaturated/α-hetero) is 1. The molecular weight excluding hydrogens is 545 g/mol. The Bertz CT molecular complexity index is 1370. The molecule has 0 radical (unpaired) electrons. The number of ketones is 1. The molecule has 0 aromatic heterocycles. The summed E-state index contributed by atoms with van der Waals surface area (Å²) in [5.74, 6) is 0.0804. The summed E-state index contributed by atoms with van der Waals surface area (Å²) < 4.78 is 14.3. The van der Waals surface area contributed by atoms with Crippen LogP contribution in [0.3, 0.4) is 0 Å². The molecule has 0 aliphatic carbocycles.